The molecule has 2 aromatic carbocycles. The van der Waals surface area contributed by atoms with Gasteiger partial charge in [-0.3, -0.25) is 14.5 Å². The topological polar surface area (TPSA) is 49.4 Å². The summed E-state index contributed by atoms with van der Waals surface area (Å²) in [6.45, 7) is 5.34. The van der Waals surface area contributed by atoms with Crippen LogP contribution in [0.3, 0.4) is 0 Å². The lowest BCUT2D eigenvalue weighted by molar-refractivity contribution is -0.137. The van der Waals surface area contributed by atoms with Gasteiger partial charge in [-0.05, 0) is 44.0 Å². The third kappa shape index (κ3) is 3.35. The Morgan fingerprint density at radius 1 is 1.00 bits per heavy atom. The Morgan fingerprint density at radius 3 is 2.27 bits per heavy atom. The molecule has 0 aliphatic carbocycles. The molecule has 0 spiro atoms. The Bertz CT molecular complexity index is 928. The molecule has 26 heavy (non-hydrogen) atoms. The fraction of sp³-hybridized carbons (Fsp3) is 0.200. The highest BCUT2D eigenvalue weighted by molar-refractivity contribution is 6.17. The Balaban J connectivity index is 1.79. The zero-order valence-electron chi connectivity index (χ0n) is 14.7. The third-order valence-electron chi connectivity index (χ3n) is 4.40. The van der Waals surface area contributed by atoms with Crippen molar-refractivity contribution in [1.29, 1.82) is 0 Å². The third-order valence-corrected chi connectivity index (χ3v) is 4.40. The molecule has 0 atom stereocenters. The molecule has 1 aliphatic heterocycles. The van der Waals surface area contributed by atoms with Crippen LogP contribution in [0.5, 0.6) is 0 Å². The Labute approximate surface area is 150 Å². The predicted molar refractivity (Wildman–Crippen MR) is 94.3 cm³/mol. The van der Waals surface area contributed by atoms with E-state index < -0.39 is 23.4 Å². The van der Waals surface area contributed by atoms with E-state index in [4.69, 9.17) is 0 Å². The lowest BCUT2D eigenvalue weighted by Gasteiger charge is -2.17. The van der Waals surface area contributed by atoms with E-state index in [1.807, 2.05) is 32.0 Å². The Kier molecular flexibility index (Phi) is 4.59. The minimum atomic E-state index is -0.725. The van der Waals surface area contributed by atoms with Crippen LogP contribution in [0.25, 0.3) is 0 Å². The van der Waals surface area contributed by atoms with E-state index in [1.165, 1.54) is 6.92 Å². The first-order valence-corrected chi connectivity index (χ1v) is 8.12. The summed E-state index contributed by atoms with van der Waals surface area (Å²) in [6.07, 6.45) is 1.14. The van der Waals surface area contributed by atoms with Gasteiger partial charge in [0.1, 0.15) is 17.3 Å². The maximum atomic E-state index is 13.7. The van der Waals surface area contributed by atoms with E-state index >= 15 is 0 Å². The van der Waals surface area contributed by atoms with E-state index in [9.17, 15) is 18.4 Å². The van der Waals surface area contributed by atoms with Crippen LogP contribution in [0.15, 0.2) is 42.1 Å². The minimum Gasteiger partial charge on any atom is -0.351 e. The molecule has 3 rings (SSSR count). The van der Waals surface area contributed by atoms with Crippen LogP contribution in [0.2, 0.25) is 0 Å². The highest BCUT2D eigenvalue weighted by Crippen LogP contribution is 2.23. The molecule has 1 heterocycles. The number of carbonyl (C=O) groups excluding carboxylic acids is 2. The standard InChI is InChI=1S/C20H18F2N2O2/c1-11-4-5-14(12(2)6-11)10-24-19(25)9-18(20(24)26)23-15-7-16(21)13(3)17(22)8-15/h4-9,23H,10H2,1-3H3. The molecule has 134 valence electrons. The molecule has 0 bridgehead atoms. The van der Waals surface area contributed by atoms with E-state index in [0.717, 1.165) is 39.8 Å². The van der Waals surface area contributed by atoms with Crippen molar-refractivity contribution in [1.82, 2.24) is 4.90 Å². The highest BCUT2D eigenvalue weighted by atomic mass is 19.1. The summed E-state index contributed by atoms with van der Waals surface area (Å²) < 4.78 is 27.3. The van der Waals surface area contributed by atoms with Gasteiger partial charge in [-0.1, -0.05) is 23.8 Å². The van der Waals surface area contributed by atoms with Crippen molar-refractivity contribution in [3.63, 3.8) is 0 Å². The predicted octanol–water partition coefficient (Wildman–Crippen LogP) is 3.75. The van der Waals surface area contributed by atoms with Crippen molar-refractivity contribution >= 4 is 17.5 Å². The van der Waals surface area contributed by atoms with Gasteiger partial charge >= 0.3 is 0 Å². The minimum absolute atomic E-state index is 0.0117. The first-order valence-electron chi connectivity index (χ1n) is 8.12. The molecule has 0 radical (unpaired) electrons. The number of carbonyl (C=O) groups is 2. The van der Waals surface area contributed by atoms with Crippen LogP contribution in [0, 0.1) is 32.4 Å². The van der Waals surface area contributed by atoms with Crippen LogP contribution in [0.4, 0.5) is 14.5 Å². The van der Waals surface area contributed by atoms with Gasteiger partial charge in [0.2, 0.25) is 0 Å². The molecule has 2 amide bonds. The number of halogens is 2. The number of hydrogen-bond acceptors (Lipinski definition) is 3. The smallest absolute Gasteiger partial charge is 0.277 e. The number of aryl methyl sites for hydroxylation is 2. The maximum Gasteiger partial charge on any atom is 0.277 e. The SMILES string of the molecule is Cc1ccc(CN2C(=O)C=C(Nc3cc(F)c(C)c(F)c3)C2=O)c(C)c1. The van der Waals surface area contributed by atoms with Gasteiger partial charge in [0, 0.05) is 17.3 Å². The lowest BCUT2D eigenvalue weighted by Crippen LogP contribution is -2.31. The van der Waals surface area contributed by atoms with Gasteiger partial charge in [-0.2, -0.15) is 0 Å². The number of benzene rings is 2. The summed E-state index contributed by atoms with van der Waals surface area (Å²) in [5.74, 6) is -2.45. The van der Waals surface area contributed by atoms with Gasteiger partial charge in [-0.15, -0.1) is 0 Å². The molecular formula is C20H18F2N2O2. The first kappa shape index (κ1) is 17.8. The van der Waals surface area contributed by atoms with Gasteiger partial charge in [0.15, 0.2) is 0 Å². The van der Waals surface area contributed by atoms with E-state index in [-0.39, 0.29) is 23.5 Å². The molecule has 0 saturated carbocycles. The second-order valence-corrected chi connectivity index (χ2v) is 6.41. The van der Waals surface area contributed by atoms with Crippen LogP contribution >= 0.6 is 0 Å². The number of rotatable bonds is 4. The maximum absolute atomic E-state index is 13.7. The number of amides is 2. The summed E-state index contributed by atoms with van der Waals surface area (Å²) in [6, 6.07) is 7.94. The number of imide groups is 1. The number of hydrogen-bond donors (Lipinski definition) is 1. The van der Waals surface area contributed by atoms with Gasteiger partial charge in [0.25, 0.3) is 11.8 Å². The zero-order chi connectivity index (χ0) is 19.0. The molecule has 4 nitrogen and oxygen atoms in total. The zero-order valence-corrected chi connectivity index (χ0v) is 14.7. The average molecular weight is 356 g/mol. The Morgan fingerprint density at radius 2 is 1.65 bits per heavy atom. The molecule has 0 aromatic heterocycles. The molecule has 0 fully saturated rings. The van der Waals surface area contributed by atoms with E-state index in [2.05, 4.69) is 5.32 Å². The van der Waals surface area contributed by atoms with E-state index in [1.54, 1.807) is 0 Å². The second-order valence-electron chi connectivity index (χ2n) is 6.41. The molecule has 1 N–H and O–H groups in total. The van der Waals surface area contributed by atoms with Crippen molar-refractivity contribution in [2.45, 2.75) is 27.3 Å². The fourth-order valence-electron chi connectivity index (χ4n) is 2.81. The summed E-state index contributed by atoms with van der Waals surface area (Å²) >= 11 is 0. The molecule has 2 aromatic rings. The molecule has 0 saturated heterocycles. The fourth-order valence-corrected chi connectivity index (χ4v) is 2.81. The summed E-state index contributed by atoms with van der Waals surface area (Å²) in [7, 11) is 0. The van der Waals surface area contributed by atoms with Gasteiger partial charge in [-0.25, -0.2) is 8.78 Å². The number of nitrogens with one attached hydrogen (secondary N) is 1. The number of nitrogens with zero attached hydrogens (tertiary/aromatic N) is 1. The molecule has 1 aliphatic rings. The summed E-state index contributed by atoms with van der Waals surface area (Å²) in [4.78, 5) is 25.8. The van der Waals surface area contributed by atoms with Crippen molar-refractivity contribution in [2.75, 3.05) is 5.32 Å². The van der Waals surface area contributed by atoms with E-state index in [0.29, 0.717) is 0 Å². The number of anilines is 1. The lowest BCUT2D eigenvalue weighted by atomic mass is 10.1. The van der Waals surface area contributed by atoms with Crippen LogP contribution in [0.1, 0.15) is 22.3 Å². The largest absolute Gasteiger partial charge is 0.351 e. The average Bonchev–Trinajstić information content (AvgIpc) is 2.82. The molecular weight excluding hydrogens is 338 g/mol. The summed E-state index contributed by atoms with van der Waals surface area (Å²) in [5, 5.41) is 2.64. The summed E-state index contributed by atoms with van der Waals surface area (Å²) in [5.41, 5.74) is 2.90. The first-order chi connectivity index (χ1) is 12.3. The molecule has 0 unspecified atom stereocenters. The van der Waals surface area contributed by atoms with Crippen molar-refractivity contribution in [2.24, 2.45) is 0 Å². The second kappa shape index (κ2) is 6.71. The van der Waals surface area contributed by atoms with Crippen molar-refractivity contribution in [3.8, 4) is 0 Å². The van der Waals surface area contributed by atoms with Crippen LogP contribution in [-0.2, 0) is 16.1 Å². The molecule has 6 heteroatoms. The van der Waals surface area contributed by atoms with Crippen LogP contribution in [-0.4, -0.2) is 16.7 Å². The Hall–Kier alpha value is -3.02. The monoisotopic (exact) mass is 356 g/mol. The van der Waals surface area contributed by atoms with Crippen LogP contribution < -0.4 is 5.32 Å². The normalized spacial score (nSPS) is 14.0. The van der Waals surface area contributed by atoms with Crippen molar-refractivity contribution < 1.29 is 18.4 Å². The quantitative estimate of drug-likeness (QED) is 0.849. The van der Waals surface area contributed by atoms with Gasteiger partial charge in [0.05, 0.1) is 6.54 Å². The van der Waals surface area contributed by atoms with Crippen molar-refractivity contribution in [3.05, 3.63) is 76.0 Å². The highest BCUT2D eigenvalue weighted by Gasteiger charge is 2.31. The van der Waals surface area contributed by atoms with Gasteiger partial charge < -0.3 is 5.32 Å².